The average molecular weight is 963 g/mol. The molecule has 3 N–H and O–H groups in total. The van der Waals surface area contributed by atoms with Gasteiger partial charge in [0, 0.05) is 64.1 Å². The second-order valence-electron chi connectivity index (χ2n) is 24.0. The largest absolute Gasteiger partial charge is 0.462 e. The van der Waals surface area contributed by atoms with Crippen LogP contribution in [0.2, 0.25) is 0 Å². The highest BCUT2D eigenvalue weighted by Gasteiger charge is 2.69. The first kappa shape index (κ1) is 45.2. The first-order chi connectivity index (χ1) is 28.6. The molecule has 10 aliphatic rings. The maximum Gasteiger partial charge on any atom is 0.302 e. The second-order valence-corrected chi connectivity index (χ2v) is 24.8. The van der Waals surface area contributed by atoms with Crippen molar-refractivity contribution in [2.24, 2.45) is 56.2 Å². The molecule has 10 rings (SSSR count). The van der Waals surface area contributed by atoms with E-state index >= 15 is 0 Å². The Hall–Kier alpha value is -0.930. The number of esters is 1. The molecular weight excluding hydrogens is 887 g/mol. The Morgan fingerprint density at radius 2 is 1.21 bits per heavy atom. The molecule has 11 heteroatoms. The van der Waals surface area contributed by atoms with Crippen molar-refractivity contribution in [1.29, 1.82) is 0 Å². The molecule has 0 amide bonds. The first-order valence-corrected chi connectivity index (χ1v) is 25.4. The first-order valence-electron chi connectivity index (χ1n) is 23.9. The Bertz CT molecular complexity index is 1810. The summed E-state index contributed by atoms with van der Waals surface area (Å²) in [5.41, 5.74) is -0.409. The highest BCUT2D eigenvalue weighted by Crippen LogP contribution is 2.69. The molecule has 6 saturated carbocycles. The topological polar surface area (TPSA) is 141 Å². The Morgan fingerprint density at radius 3 is 1.80 bits per heavy atom. The molecule has 0 radical (unpaired) electrons. The van der Waals surface area contributed by atoms with Crippen LogP contribution in [-0.4, -0.2) is 93.4 Å². The fraction of sp³-hybridized carbons (Fsp3) is 0.880. The van der Waals surface area contributed by atoms with Crippen molar-refractivity contribution < 1.29 is 48.6 Å². The number of carbonyl (C=O) groups excluding carboxylic acids is 2. The molecule has 2 aliphatic heterocycles. The van der Waals surface area contributed by atoms with Crippen LogP contribution in [-0.2, 0) is 33.3 Å². The highest BCUT2D eigenvalue weighted by molar-refractivity contribution is 14.1. The summed E-state index contributed by atoms with van der Waals surface area (Å²) >= 11 is 2.51. The summed E-state index contributed by atoms with van der Waals surface area (Å²) in [4.78, 5) is 24.4. The summed E-state index contributed by atoms with van der Waals surface area (Å²) in [7, 11) is 0. The van der Waals surface area contributed by atoms with Crippen LogP contribution in [0.1, 0.15) is 151 Å². The number of aliphatic hydroxyl groups is 3. The molecule has 2 spiro atoms. The van der Waals surface area contributed by atoms with Gasteiger partial charge in [0.15, 0.2) is 11.6 Å². The number of carbonyl (C=O) groups is 2. The molecule has 61 heavy (non-hydrogen) atoms. The van der Waals surface area contributed by atoms with Gasteiger partial charge in [-0.1, -0.05) is 87.4 Å². The van der Waals surface area contributed by atoms with E-state index in [1.165, 1.54) is 12.5 Å². The SMILES string of the molecule is CC(=O)O[C@H]1CCC2C3CC[C@@]4(O)CC5(CC[C@]4(CI)C3=CC[C@@]21C)OCC(C)(C)CO5.CC1(C)COC2(CC[C@]3(C=O)C4=CC[C@@]5(C)C(CC[C@@H]5O)C4CC[C@@]3(O)C2)OC1. The Morgan fingerprint density at radius 1 is 0.705 bits per heavy atom. The van der Waals surface area contributed by atoms with Crippen molar-refractivity contribution in [3.05, 3.63) is 23.3 Å². The summed E-state index contributed by atoms with van der Waals surface area (Å²) in [6.07, 6.45) is 18.2. The molecule has 0 aromatic carbocycles. The standard InChI is InChI=1S/C26H39IO5.C24H36O5/c1-17(28)32-21-6-5-19-18-7-10-25(29)13-26(30-15-22(2,3)16-31-26)12-11-24(25,14-27)20(18)8-9-23(19,21)4;1-20(2)14-28-24(29-15-20)11-10-22(13-25)18-7-8-21(3)17(4-5-19(21)26)16(18)6-9-23(22,27)12-24/h8,18-19,21,29H,5-7,9-16H2,1-4H3;7,13,16-17,19,26-27H,4-6,8-12,14-15H2,1-3H3/t18?,19?,21-,23-,24-,25+;16?,17?,19-,21-,22-,23+/m00/s1. The van der Waals surface area contributed by atoms with Gasteiger partial charge in [-0.25, -0.2) is 0 Å². The van der Waals surface area contributed by atoms with E-state index in [4.69, 9.17) is 23.7 Å². The predicted molar refractivity (Wildman–Crippen MR) is 238 cm³/mol. The van der Waals surface area contributed by atoms with Gasteiger partial charge in [-0.3, -0.25) is 4.79 Å². The molecular formula is C50H75IO10. The zero-order valence-electron chi connectivity index (χ0n) is 38.1. The van der Waals surface area contributed by atoms with Crippen LogP contribution >= 0.6 is 22.6 Å². The third kappa shape index (κ3) is 6.89. The molecule has 0 bridgehead atoms. The van der Waals surface area contributed by atoms with E-state index in [2.05, 4.69) is 76.3 Å². The average Bonchev–Trinajstić information content (AvgIpc) is 3.71. The third-order valence-electron chi connectivity index (χ3n) is 19.1. The normalized spacial score (nSPS) is 48.3. The maximum absolute atomic E-state index is 12.7. The molecule has 0 aromatic rings. The number of hydrogen-bond donors (Lipinski definition) is 3. The summed E-state index contributed by atoms with van der Waals surface area (Å²) in [6.45, 7) is 17.2. The summed E-state index contributed by atoms with van der Waals surface area (Å²) in [6, 6.07) is 0. The third-order valence-corrected chi connectivity index (χ3v) is 20.4. The van der Waals surface area contributed by atoms with Crippen molar-refractivity contribution >= 4 is 34.8 Å². The van der Waals surface area contributed by atoms with Gasteiger partial charge in [0.05, 0.1) is 49.1 Å². The maximum atomic E-state index is 12.7. The van der Waals surface area contributed by atoms with E-state index in [1.54, 1.807) is 0 Å². The fourth-order valence-corrected chi connectivity index (χ4v) is 16.8. The number of aliphatic hydroxyl groups excluding tert-OH is 1. The van der Waals surface area contributed by atoms with Crippen molar-refractivity contribution in [2.45, 2.75) is 186 Å². The molecule has 0 aromatic heterocycles. The molecule has 8 aliphatic carbocycles. The van der Waals surface area contributed by atoms with Crippen LogP contribution in [0.15, 0.2) is 23.3 Å². The number of aldehydes is 1. The second kappa shape index (κ2) is 15.0. The van der Waals surface area contributed by atoms with Crippen LogP contribution in [0, 0.1) is 56.2 Å². The lowest BCUT2D eigenvalue weighted by molar-refractivity contribution is -0.342. The minimum atomic E-state index is -1.12. The summed E-state index contributed by atoms with van der Waals surface area (Å²) in [5.74, 6) is 0.124. The van der Waals surface area contributed by atoms with Gasteiger partial charge < -0.3 is 43.8 Å². The monoisotopic (exact) mass is 962 g/mol. The van der Waals surface area contributed by atoms with Crippen LogP contribution in [0.25, 0.3) is 0 Å². The number of hydrogen-bond acceptors (Lipinski definition) is 10. The quantitative estimate of drug-likeness (QED) is 0.0829. The molecule has 4 unspecified atom stereocenters. The van der Waals surface area contributed by atoms with Crippen LogP contribution in [0.5, 0.6) is 0 Å². The summed E-state index contributed by atoms with van der Waals surface area (Å²) in [5, 5.41) is 34.7. The van der Waals surface area contributed by atoms with E-state index in [-0.39, 0.29) is 51.2 Å². The van der Waals surface area contributed by atoms with Gasteiger partial charge in [-0.2, -0.15) is 0 Å². The number of halogens is 1. The molecule has 12 atom stereocenters. The lowest BCUT2D eigenvalue weighted by Gasteiger charge is -2.63. The lowest BCUT2D eigenvalue weighted by Crippen LogP contribution is -2.66. The van der Waals surface area contributed by atoms with Crippen molar-refractivity contribution in [2.75, 3.05) is 30.9 Å². The van der Waals surface area contributed by atoms with E-state index in [0.717, 1.165) is 86.9 Å². The molecule has 342 valence electrons. The van der Waals surface area contributed by atoms with Crippen LogP contribution in [0.3, 0.4) is 0 Å². The van der Waals surface area contributed by atoms with E-state index in [9.17, 15) is 24.9 Å². The number of rotatable bonds is 3. The molecule has 2 saturated heterocycles. The number of ether oxygens (including phenoxy) is 5. The molecule has 2 heterocycles. The lowest BCUT2D eigenvalue weighted by atomic mass is 9.47. The van der Waals surface area contributed by atoms with E-state index in [0.29, 0.717) is 76.3 Å². The molecule has 8 fully saturated rings. The Labute approximate surface area is 378 Å². The number of allylic oxidation sites excluding steroid dienone is 2. The van der Waals surface area contributed by atoms with Gasteiger partial charge in [-0.15, -0.1) is 0 Å². The van der Waals surface area contributed by atoms with Crippen molar-refractivity contribution in [3.8, 4) is 0 Å². The van der Waals surface area contributed by atoms with Crippen molar-refractivity contribution in [1.82, 2.24) is 0 Å². The van der Waals surface area contributed by atoms with Crippen LogP contribution < -0.4 is 0 Å². The highest BCUT2D eigenvalue weighted by atomic mass is 127. The Kier molecular flexibility index (Phi) is 11.2. The smallest absolute Gasteiger partial charge is 0.302 e. The minimum absolute atomic E-state index is 0.0127. The predicted octanol–water partition coefficient (Wildman–Crippen LogP) is 8.55. The summed E-state index contributed by atoms with van der Waals surface area (Å²) < 4.78 is 31.8. The minimum Gasteiger partial charge on any atom is -0.462 e. The Balaban J connectivity index is 0.000000157. The van der Waals surface area contributed by atoms with E-state index in [1.807, 2.05) is 0 Å². The van der Waals surface area contributed by atoms with E-state index < -0.39 is 28.2 Å². The molecule has 10 nitrogen and oxygen atoms in total. The van der Waals surface area contributed by atoms with Crippen LogP contribution in [0.4, 0.5) is 0 Å². The van der Waals surface area contributed by atoms with Gasteiger partial charge >= 0.3 is 5.97 Å². The van der Waals surface area contributed by atoms with Crippen molar-refractivity contribution in [3.63, 3.8) is 0 Å². The zero-order chi connectivity index (χ0) is 43.7. The number of fused-ring (bicyclic) bond motifs is 10. The van der Waals surface area contributed by atoms with Gasteiger partial charge in [0.2, 0.25) is 0 Å². The van der Waals surface area contributed by atoms with Gasteiger partial charge in [0.25, 0.3) is 0 Å². The number of alkyl halides is 1. The van der Waals surface area contributed by atoms with Gasteiger partial charge in [0.1, 0.15) is 12.4 Å². The fourth-order valence-electron chi connectivity index (χ4n) is 15.3. The zero-order valence-corrected chi connectivity index (χ0v) is 40.3. The van der Waals surface area contributed by atoms with Gasteiger partial charge in [-0.05, 0) is 101 Å².